The van der Waals surface area contributed by atoms with Gasteiger partial charge in [0.1, 0.15) is 5.82 Å². The Hall–Kier alpha value is -1.69. The van der Waals surface area contributed by atoms with Crippen LogP contribution in [0.15, 0.2) is 0 Å². The van der Waals surface area contributed by atoms with Crippen molar-refractivity contribution < 1.29 is 9.90 Å². The molecule has 1 aliphatic rings. The fourth-order valence-electron chi connectivity index (χ4n) is 2.02. The lowest BCUT2D eigenvalue weighted by atomic mass is 10.0. The molecule has 0 amide bonds. The van der Waals surface area contributed by atoms with Gasteiger partial charge in [0.15, 0.2) is 0 Å². The molecule has 1 aromatic rings. The summed E-state index contributed by atoms with van der Waals surface area (Å²) in [6.45, 7) is 7.71. The van der Waals surface area contributed by atoms with E-state index in [-0.39, 0.29) is 11.4 Å². The number of carboxylic acid groups (broad SMARTS) is 1. The number of carboxylic acids is 1. The van der Waals surface area contributed by atoms with Gasteiger partial charge in [0.05, 0.1) is 5.69 Å². The van der Waals surface area contributed by atoms with Crippen LogP contribution in [0.2, 0.25) is 0 Å². The third-order valence-electron chi connectivity index (χ3n) is 3.43. The third kappa shape index (κ3) is 2.68. The van der Waals surface area contributed by atoms with Gasteiger partial charge in [-0.3, -0.25) is 0 Å². The number of fused-ring (bicyclic) bond motifs is 1. The van der Waals surface area contributed by atoms with Gasteiger partial charge in [-0.2, -0.15) is 0 Å². The molecule has 0 aromatic carbocycles. The van der Waals surface area contributed by atoms with Crippen molar-refractivity contribution in [1.29, 1.82) is 0 Å². The van der Waals surface area contributed by atoms with Crippen molar-refractivity contribution in [3.8, 4) is 0 Å². The molecule has 19 heavy (non-hydrogen) atoms. The van der Waals surface area contributed by atoms with Crippen molar-refractivity contribution in [2.45, 2.75) is 39.3 Å². The second kappa shape index (κ2) is 4.77. The highest BCUT2D eigenvalue weighted by Crippen LogP contribution is 2.27. The summed E-state index contributed by atoms with van der Waals surface area (Å²) in [4.78, 5) is 21.5. The van der Waals surface area contributed by atoms with Gasteiger partial charge < -0.3 is 15.3 Å². The Bertz CT molecular complexity index is 508. The van der Waals surface area contributed by atoms with Gasteiger partial charge in [-0.05, 0) is 20.8 Å². The Morgan fingerprint density at radius 3 is 2.63 bits per heavy atom. The molecule has 0 aliphatic carbocycles. The van der Waals surface area contributed by atoms with Gasteiger partial charge in [0.25, 0.3) is 0 Å². The number of carbonyl (C=O) groups is 1. The number of anilines is 1. The average molecular weight is 264 g/mol. The maximum atomic E-state index is 11.2. The first kappa shape index (κ1) is 13.7. The van der Waals surface area contributed by atoms with Gasteiger partial charge in [0.2, 0.25) is 5.82 Å². The maximum Gasteiger partial charge on any atom is 0.374 e. The van der Waals surface area contributed by atoms with Crippen molar-refractivity contribution in [2.24, 2.45) is 0 Å². The van der Waals surface area contributed by atoms with Gasteiger partial charge >= 0.3 is 5.97 Å². The van der Waals surface area contributed by atoms with Crippen LogP contribution in [0.4, 0.5) is 5.82 Å². The van der Waals surface area contributed by atoms with E-state index in [2.05, 4.69) is 36.1 Å². The first-order valence-electron chi connectivity index (χ1n) is 6.38. The van der Waals surface area contributed by atoms with E-state index in [1.807, 2.05) is 11.9 Å². The molecule has 2 rings (SSSR count). The predicted octanol–water partition coefficient (Wildman–Crippen LogP) is 1.06. The molecule has 0 bridgehead atoms. The lowest BCUT2D eigenvalue weighted by Gasteiger charge is -2.35. The normalized spacial score (nSPS) is 14.9. The van der Waals surface area contributed by atoms with Gasteiger partial charge in [-0.15, -0.1) is 0 Å². The number of hydrogen-bond acceptors (Lipinski definition) is 5. The summed E-state index contributed by atoms with van der Waals surface area (Å²) in [7, 11) is 1.93. The van der Waals surface area contributed by atoms with Gasteiger partial charge in [-0.25, -0.2) is 14.8 Å². The Labute approximate surface area is 112 Å². The molecule has 0 saturated carbocycles. The van der Waals surface area contributed by atoms with E-state index in [0.29, 0.717) is 12.4 Å². The topological polar surface area (TPSA) is 78.4 Å². The summed E-state index contributed by atoms with van der Waals surface area (Å²) < 4.78 is 0. The summed E-state index contributed by atoms with van der Waals surface area (Å²) in [6, 6.07) is 0. The zero-order valence-corrected chi connectivity index (χ0v) is 11.8. The van der Waals surface area contributed by atoms with Gasteiger partial charge in [-0.1, -0.05) is 0 Å². The Morgan fingerprint density at radius 2 is 2.05 bits per heavy atom. The van der Waals surface area contributed by atoms with Crippen LogP contribution in [0.1, 0.15) is 42.6 Å². The molecule has 1 aromatic heterocycles. The van der Waals surface area contributed by atoms with Crippen LogP contribution in [0.5, 0.6) is 0 Å². The van der Waals surface area contributed by atoms with Crippen molar-refractivity contribution in [3.63, 3.8) is 0 Å². The van der Waals surface area contributed by atoms with Crippen LogP contribution >= 0.6 is 0 Å². The fourth-order valence-corrected chi connectivity index (χ4v) is 2.02. The first-order valence-corrected chi connectivity index (χ1v) is 6.38. The number of aromatic carboxylic acids is 1. The number of nitrogens with one attached hydrogen (secondary N) is 1. The monoisotopic (exact) mass is 264 g/mol. The Kier molecular flexibility index (Phi) is 3.45. The van der Waals surface area contributed by atoms with Crippen LogP contribution < -0.4 is 10.2 Å². The maximum absolute atomic E-state index is 11.2. The highest BCUT2D eigenvalue weighted by Gasteiger charge is 2.26. The van der Waals surface area contributed by atoms with Crippen LogP contribution in [0.3, 0.4) is 0 Å². The fraction of sp³-hybridized carbons (Fsp3) is 0.615. The Balaban J connectivity index is 2.57. The SMILES string of the molecule is CN(c1nc(C(=O)O)nc2c1CNCC2)C(C)(C)C. The van der Waals surface area contributed by atoms with Crippen LogP contribution in [-0.2, 0) is 13.0 Å². The molecule has 2 heterocycles. The highest BCUT2D eigenvalue weighted by atomic mass is 16.4. The molecule has 0 saturated heterocycles. The number of aromatic nitrogens is 2. The summed E-state index contributed by atoms with van der Waals surface area (Å²) in [6.07, 6.45) is 0.739. The molecule has 6 nitrogen and oxygen atoms in total. The second-order valence-corrected chi connectivity index (χ2v) is 5.76. The number of nitrogens with zero attached hydrogens (tertiary/aromatic N) is 3. The van der Waals surface area contributed by atoms with E-state index in [0.717, 1.165) is 24.2 Å². The summed E-state index contributed by atoms with van der Waals surface area (Å²) in [5.41, 5.74) is 1.72. The van der Waals surface area contributed by atoms with E-state index >= 15 is 0 Å². The molecule has 0 spiro atoms. The zero-order chi connectivity index (χ0) is 14.2. The van der Waals surface area contributed by atoms with Crippen LogP contribution in [0.25, 0.3) is 0 Å². The van der Waals surface area contributed by atoms with E-state index in [1.165, 1.54) is 0 Å². The molecule has 0 fully saturated rings. The molecule has 0 unspecified atom stereocenters. The van der Waals surface area contributed by atoms with Crippen molar-refractivity contribution in [3.05, 3.63) is 17.1 Å². The highest BCUT2D eigenvalue weighted by molar-refractivity contribution is 5.84. The molecule has 1 aliphatic heterocycles. The lowest BCUT2D eigenvalue weighted by molar-refractivity contribution is 0.0683. The minimum atomic E-state index is -1.08. The van der Waals surface area contributed by atoms with E-state index in [4.69, 9.17) is 5.11 Å². The van der Waals surface area contributed by atoms with Crippen molar-refractivity contribution in [1.82, 2.24) is 15.3 Å². The molecular weight excluding hydrogens is 244 g/mol. The van der Waals surface area contributed by atoms with Crippen molar-refractivity contribution in [2.75, 3.05) is 18.5 Å². The molecular formula is C13H20N4O2. The summed E-state index contributed by atoms with van der Waals surface area (Å²) in [5, 5.41) is 12.4. The average Bonchev–Trinajstić information content (AvgIpc) is 2.35. The van der Waals surface area contributed by atoms with Crippen LogP contribution in [-0.4, -0.2) is 40.2 Å². The first-order chi connectivity index (χ1) is 8.80. The summed E-state index contributed by atoms with van der Waals surface area (Å²) in [5.74, 6) is -0.487. The minimum Gasteiger partial charge on any atom is -0.475 e. The predicted molar refractivity (Wildman–Crippen MR) is 72.6 cm³/mol. The second-order valence-electron chi connectivity index (χ2n) is 5.76. The number of rotatable bonds is 2. The van der Waals surface area contributed by atoms with E-state index in [9.17, 15) is 4.79 Å². The molecule has 6 heteroatoms. The van der Waals surface area contributed by atoms with E-state index < -0.39 is 5.97 Å². The molecule has 0 atom stereocenters. The lowest BCUT2D eigenvalue weighted by Crippen LogP contribution is -2.41. The largest absolute Gasteiger partial charge is 0.475 e. The molecule has 0 radical (unpaired) electrons. The van der Waals surface area contributed by atoms with Gasteiger partial charge in [0, 0.05) is 37.7 Å². The quantitative estimate of drug-likeness (QED) is 0.831. The standard InChI is InChI=1S/C13H20N4O2/c1-13(2,3)17(4)11-8-7-14-6-5-9(8)15-10(16-11)12(18)19/h14H,5-7H2,1-4H3,(H,18,19). The smallest absolute Gasteiger partial charge is 0.374 e. The molecule has 104 valence electrons. The third-order valence-corrected chi connectivity index (χ3v) is 3.43. The minimum absolute atomic E-state index is 0.119. The number of hydrogen-bond donors (Lipinski definition) is 2. The van der Waals surface area contributed by atoms with E-state index in [1.54, 1.807) is 0 Å². The molecule has 2 N–H and O–H groups in total. The van der Waals surface area contributed by atoms with Crippen LogP contribution in [0, 0.1) is 0 Å². The Morgan fingerprint density at radius 1 is 1.37 bits per heavy atom. The zero-order valence-electron chi connectivity index (χ0n) is 11.8. The summed E-state index contributed by atoms with van der Waals surface area (Å²) >= 11 is 0. The van der Waals surface area contributed by atoms with Crippen molar-refractivity contribution >= 4 is 11.8 Å².